The van der Waals surface area contributed by atoms with Crippen LogP contribution in [0, 0.1) is 5.82 Å². The minimum absolute atomic E-state index is 0.188. The number of carboxylic acids is 1. The minimum atomic E-state index is -4.42. The van der Waals surface area contributed by atoms with Gasteiger partial charge >= 0.3 is 12.1 Å². The number of benzene rings is 3. The van der Waals surface area contributed by atoms with Gasteiger partial charge in [-0.25, -0.2) is 4.39 Å². The van der Waals surface area contributed by atoms with Gasteiger partial charge < -0.3 is 19.1 Å². The molecule has 0 radical (unpaired) electrons. The molecule has 0 aliphatic heterocycles. The maximum Gasteiger partial charge on any atom is 0.416 e. The molecule has 6 rings (SSSR count). The van der Waals surface area contributed by atoms with E-state index in [1.807, 2.05) is 38.3 Å². The molecule has 0 amide bonds. The Bertz CT molecular complexity index is 2130. The van der Waals surface area contributed by atoms with E-state index in [2.05, 4.69) is 33.9 Å². The summed E-state index contributed by atoms with van der Waals surface area (Å²) in [7, 11) is 0. The van der Waals surface area contributed by atoms with Gasteiger partial charge in [0.05, 0.1) is 31.7 Å². The Kier molecular flexibility index (Phi) is 12.8. The molecule has 5 aromatic rings. The van der Waals surface area contributed by atoms with E-state index >= 15 is 0 Å². The summed E-state index contributed by atoms with van der Waals surface area (Å²) >= 11 is 1.39. The zero-order valence-corrected chi connectivity index (χ0v) is 31.5. The Labute approximate surface area is 320 Å². The quantitative estimate of drug-likeness (QED) is 0.0622. The molecule has 10 nitrogen and oxygen atoms in total. The van der Waals surface area contributed by atoms with E-state index in [1.165, 1.54) is 36.0 Å². The molecule has 15 heteroatoms. The number of aromatic nitrogens is 5. The molecule has 2 aromatic heterocycles. The van der Waals surface area contributed by atoms with E-state index in [0.717, 1.165) is 54.0 Å². The van der Waals surface area contributed by atoms with Crippen molar-refractivity contribution in [3.8, 4) is 11.1 Å². The van der Waals surface area contributed by atoms with Crippen LogP contribution in [0.5, 0.6) is 0 Å². The van der Waals surface area contributed by atoms with Gasteiger partial charge in [-0.1, -0.05) is 74.1 Å². The van der Waals surface area contributed by atoms with Crippen LogP contribution in [0.25, 0.3) is 11.1 Å². The van der Waals surface area contributed by atoms with E-state index in [9.17, 15) is 32.3 Å². The molecular formula is C40H43F4N7O3S. The predicted octanol–water partition coefficient (Wildman–Crippen LogP) is 6.77. The fraction of sp³-hybridized carbons (Fsp3) is 0.375. The van der Waals surface area contributed by atoms with Crippen LogP contribution >= 0.6 is 11.8 Å². The largest absolute Gasteiger partial charge is 0.480 e. The molecule has 0 bridgehead atoms. The van der Waals surface area contributed by atoms with Crippen LogP contribution in [0.4, 0.5) is 17.6 Å². The third kappa shape index (κ3) is 10.1. The van der Waals surface area contributed by atoms with Crippen LogP contribution in [0.2, 0.25) is 0 Å². The van der Waals surface area contributed by atoms with Crippen molar-refractivity contribution < 1.29 is 27.5 Å². The summed E-state index contributed by atoms with van der Waals surface area (Å²) in [5, 5.41) is 19.5. The van der Waals surface area contributed by atoms with Crippen LogP contribution < -0.4 is 5.56 Å². The van der Waals surface area contributed by atoms with Gasteiger partial charge in [-0.05, 0) is 78.9 Å². The van der Waals surface area contributed by atoms with Crippen molar-refractivity contribution in [1.82, 2.24) is 34.1 Å². The number of thioether (sulfide) groups is 1. The molecule has 3 aromatic carbocycles. The fourth-order valence-electron chi connectivity index (χ4n) is 6.78. The number of likely N-dealkylation sites (N-methyl/N-ethyl adjacent to an activating group) is 1. The van der Waals surface area contributed by atoms with Crippen molar-refractivity contribution in [2.75, 3.05) is 32.7 Å². The first-order chi connectivity index (χ1) is 26.4. The highest BCUT2D eigenvalue weighted by Gasteiger charge is 2.30. The number of carboxylic acid groups (broad SMARTS) is 1. The Morgan fingerprint density at radius 1 is 0.818 bits per heavy atom. The molecule has 1 N–H and O–H groups in total. The first kappa shape index (κ1) is 39.8. The van der Waals surface area contributed by atoms with Gasteiger partial charge in [0.25, 0.3) is 5.56 Å². The van der Waals surface area contributed by atoms with Crippen LogP contribution in [-0.4, -0.2) is 77.9 Å². The second-order valence-corrected chi connectivity index (χ2v) is 14.4. The van der Waals surface area contributed by atoms with Gasteiger partial charge in [0, 0.05) is 30.1 Å². The lowest BCUT2D eigenvalue weighted by molar-refractivity contribution is -0.139. The van der Waals surface area contributed by atoms with E-state index in [4.69, 9.17) is 0 Å². The van der Waals surface area contributed by atoms with Crippen molar-refractivity contribution in [3.63, 3.8) is 0 Å². The highest BCUT2D eigenvalue weighted by Crippen LogP contribution is 2.32. The molecule has 0 unspecified atom stereocenters. The number of halogens is 4. The van der Waals surface area contributed by atoms with Gasteiger partial charge in [-0.2, -0.15) is 18.2 Å². The van der Waals surface area contributed by atoms with Gasteiger partial charge in [0.2, 0.25) is 0 Å². The van der Waals surface area contributed by atoms with Crippen molar-refractivity contribution in [2.24, 2.45) is 0 Å². The third-order valence-corrected chi connectivity index (χ3v) is 10.9. The van der Waals surface area contributed by atoms with Gasteiger partial charge in [0.15, 0.2) is 11.0 Å². The summed E-state index contributed by atoms with van der Waals surface area (Å²) in [5.74, 6) is 0.326. The number of nitrogens with zero attached hydrogens (tertiary/aromatic N) is 7. The molecule has 2 heterocycles. The fourth-order valence-corrected chi connectivity index (χ4v) is 7.75. The third-order valence-electron chi connectivity index (χ3n) is 9.88. The number of aliphatic carboxylic acids is 1. The number of rotatable bonds is 17. The topological polar surface area (TPSA) is 109 Å². The average molecular weight is 778 g/mol. The summed E-state index contributed by atoms with van der Waals surface area (Å²) in [4.78, 5) is 33.6. The summed E-state index contributed by atoms with van der Waals surface area (Å²) in [5.41, 5.74) is 3.76. The minimum Gasteiger partial charge on any atom is -0.480 e. The molecule has 0 atom stereocenters. The summed E-state index contributed by atoms with van der Waals surface area (Å²) < 4.78 is 57.1. The normalized spacial score (nSPS) is 12.9. The monoisotopic (exact) mass is 777 g/mol. The van der Waals surface area contributed by atoms with Crippen LogP contribution in [0.15, 0.2) is 82.7 Å². The molecule has 0 saturated carbocycles. The second kappa shape index (κ2) is 17.7. The summed E-state index contributed by atoms with van der Waals surface area (Å²) in [6.07, 6.45) is -2.28. The van der Waals surface area contributed by atoms with Crippen LogP contribution in [0.3, 0.4) is 0 Å². The van der Waals surface area contributed by atoms with Crippen molar-refractivity contribution in [2.45, 2.75) is 69.8 Å². The Morgan fingerprint density at radius 3 is 2.07 bits per heavy atom. The molecule has 1 aliphatic carbocycles. The molecule has 1 aliphatic rings. The van der Waals surface area contributed by atoms with Gasteiger partial charge in [-0.3, -0.25) is 14.5 Å². The SMILES string of the molecule is CCN(CC)CCN(CC(=O)O)Cc1nnc(Cn2c(SCc3ccc(F)cc3)nc(=O)c3c2CCC3)n1Cc1ccc(-c2ccc(C(F)(F)F)cc2)cc1. The van der Waals surface area contributed by atoms with Crippen molar-refractivity contribution in [1.29, 1.82) is 0 Å². The molecular weight excluding hydrogens is 735 g/mol. The number of hydrogen-bond acceptors (Lipinski definition) is 8. The lowest BCUT2D eigenvalue weighted by Crippen LogP contribution is -2.38. The van der Waals surface area contributed by atoms with E-state index in [-0.39, 0.29) is 31.0 Å². The Morgan fingerprint density at radius 2 is 1.44 bits per heavy atom. The van der Waals surface area contributed by atoms with E-state index in [1.54, 1.807) is 12.1 Å². The maximum atomic E-state index is 13.6. The highest BCUT2D eigenvalue weighted by atomic mass is 32.2. The molecule has 0 fully saturated rings. The number of alkyl halides is 3. The number of fused-ring (bicyclic) bond motifs is 1. The first-order valence-electron chi connectivity index (χ1n) is 18.3. The molecule has 290 valence electrons. The summed E-state index contributed by atoms with van der Waals surface area (Å²) in [6.45, 7) is 7.57. The zero-order chi connectivity index (χ0) is 39.1. The summed E-state index contributed by atoms with van der Waals surface area (Å²) in [6, 6.07) is 18.7. The number of hydrogen-bond donors (Lipinski definition) is 1. The van der Waals surface area contributed by atoms with Crippen LogP contribution in [-0.2, 0) is 49.2 Å². The van der Waals surface area contributed by atoms with E-state index < -0.39 is 17.7 Å². The van der Waals surface area contributed by atoms with Gasteiger partial charge in [-0.15, -0.1) is 10.2 Å². The Balaban J connectivity index is 1.34. The smallest absolute Gasteiger partial charge is 0.416 e. The van der Waals surface area contributed by atoms with Crippen molar-refractivity contribution in [3.05, 3.63) is 129 Å². The molecule has 0 saturated heterocycles. The standard InChI is InChI=1S/C40H43F4N7O3S/c1-3-48(4-2)20-21-49(25-37(52)53)23-35-46-47-36(51(35)22-27-8-12-29(13-9-27)30-14-16-31(17-15-30)40(42,43)44)24-50-34-7-5-6-33(34)38(54)45-39(50)55-26-28-10-18-32(41)19-11-28/h8-19H,3-7,20-26H2,1-2H3,(H,52,53). The molecule has 0 spiro atoms. The highest BCUT2D eigenvalue weighted by molar-refractivity contribution is 7.98. The average Bonchev–Trinajstić information content (AvgIpc) is 3.81. The maximum absolute atomic E-state index is 13.6. The lowest BCUT2D eigenvalue weighted by Gasteiger charge is -2.25. The lowest BCUT2D eigenvalue weighted by atomic mass is 10.0. The zero-order valence-electron chi connectivity index (χ0n) is 30.7. The molecule has 55 heavy (non-hydrogen) atoms. The van der Waals surface area contributed by atoms with Crippen molar-refractivity contribution >= 4 is 17.7 Å². The van der Waals surface area contributed by atoms with Crippen LogP contribution in [0.1, 0.15) is 59.9 Å². The second-order valence-electron chi connectivity index (χ2n) is 13.5. The van der Waals surface area contributed by atoms with E-state index in [0.29, 0.717) is 66.2 Å². The number of carbonyl (C=O) groups is 1. The first-order valence-corrected chi connectivity index (χ1v) is 19.2. The van der Waals surface area contributed by atoms with Gasteiger partial charge in [0.1, 0.15) is 11.6 Å². The predicted molar refractivity (Wildman–Crippen MR) is 202 cm³/mol. The Hall–Kier alpha value is -4.86.